The number of carbonyl (C=O) groups excluding carboxylic acids is 1. The summed E-state index contributed by atoms with van der Waals surface area (Å²) in [5.74, 6) is 0.876. The van der Waals surface area contributed by atoms with Gasteiger partial charge < -0.3 is 14.7 Å². The zero-order valence-corrected chi connectivity index (χ0v) is 16.7. The van der Waals surface area contributed by atoms with Crippen LogP contribution in [0.2, 0.25) is 0 Å². The monoisotopic (exact) mass is 379 g/mol. The molecule has 0 aliphatic carbocycles. The zero-order valence-electron chi connectivity index (χ0n) is 16.7. The summed E-state index contributed by atoms with van der Waals surface area (Å²) in [6, 6.07) is 8.53. The SMILES string of the molecule is Cc1cccc(N2CCN(C(=O)c3cnc(N4CCCCCC4)cn3)CC2)c1. The van der Waals surface area contributed by atoms with E-state index in [9.17, 15) is 4.79 Å². The molecule has 1 aromatic heterocycles. The molecule has 148 valence electrons. The topological polar surface area (TPSA) is 52.6 Å². The van der Waals surface area contributed by atoms with Crippen LogP contribution in [0.4, 0.5) is 11.5 Å². The van der Waals surface area contributed by atoms with Crippen molar-refractivity contribution in [3.05, 3.63) is 47.9 Å². The zero-order chi connectivity index (χ0) is 19.3. The second kappa shape index (κ2) is 8.59. The first-order valence-electron chi connectivity index (χ1n) is 10.4. The molecule has 0 N–H and O–H groups in total. The van der Waals surface area contributed by atoms with Crippen LogP contribution in [0.15, 0.2) is 36.7 Å². The molecule has 1 amide bonds. The highest BCUT2D eigenvalue weighted by molar-refractivity contribution is 5.92. The van der Waals surface area contributed by atoms with Crippen molar-refractivity contribution in [1.82, 2.24) is 14.9 Å². The number of hydrogen-bond donors (Lipinski definition) is 0. The van der Waals surface area contributed by atoms with Crippen molar-refractivity contribution in [2.24, 2.45) is 0 Å². The Morgan fingerprint density at radius 3 is 2.25 bits per heavy atom. The minimum Gasteiger partial charge on any atom is -0.368 e. The van der Waals surface area contributed by atoms with E-state index in [1.165, 1.54) is 36.9 Å². The predicted octanol–water partition coefficient (Wildman–Crippen LogP) is 3.13. The summed E-state index contributed by atoms with van der Waals surface area (Å²) in [6.45, 7) is 7.27. The van der Waals surface area contributed by atoms with Gasteiger partial charge in [0.25, 0.3) is 5.91 Å². The molecular weight excluding hydrogens is 350 g/mol. The number of hydrogen-bond acceptors (Lipinski definition) is 5. The molecule has 28 heavy (non-hydrogen) atoms. The van der Waals surface area contributed by atoms with Crippen LogP contribution in [0.3, 0.4) is 0 Å². The molecule has 0 radical (unpaired) electrons. The molecule has 2 fully saturated rings. The Bertz CT molecular complexity index is 791. The predicted molar refractivity (Wildman–Crippen MR) is 112 cm³/mol. The number of rotatable bonds is 3. The molecule has 6 nitrogen and oxygen atoms in total. The lowest BCUT2D eigenvalue weighted by Crippen LogP contribution is -2.49. The van der Waals surface area contributed by atoms with E-state index in [1.54, 1.807) is 12.4 Å². The van der Waals surface area contributed by atoms with E-state index in [0.29, 0.717) is 18.8 Å². The maximum Gasteiger partial charge on any atom is 0.274 e. The number of aromatic nitrogens is 2. The van der Waals surface area contributed by atoms with Crippen molar-refractivity contribution in [3.8, 4) is 0 Å². The molecule has 6 heteroatoms. The first-order valence-corrected chi connectivity index (χ1v) is 10.4. The molecule has 2 aromatic rings. The average Bonchev–Trinajstić information content (AvgIpc) is 3.03. The number of aryl methyl sites for hydroxylation is 1. The van der Waals surface area contributed by atoms with E-state index >= 15 is 0 Å². The molecule has 3 heterocycles. The van der Waals surface area contributed by atoms with Gasteiger partial charge in [-0.1, -0.05) is 25.0 Å². The molecule has 2 aliphatic heterocycles. The summed E-state index contributed by atoms with van der Waals surface area (Å²) in [7, 11) is 0. The summed E-state index contributed by atoms with van der Waals surface area (Å²) in [6.07, 6.45) is 8.39. The quantitative estimate of drug-likeness (QED) is 0.820. The third-order valence-electron chi connectivity index (χ3n) is 5.72. The number of carbonyl (C=O) groups is 1. The van der Waals surface area contributed by atoms with Gasteiger partial charge in [0, 0.05) is 45.0 Å². The Hall–Kier alpha value is -2.63. The molecule has 0 bridgehead atoms. The number of piperazine rings is 1. The van der Waals surface area contributed by atoms with Crippen LogP contribution in [0.5, 0.6) is 0 Å². The second-order valence-electron chi connectivity index (χ2n) is 7.78. The van der Waals surface area contributed by atoms with Crippen LogP contribution in [0, 0.1) is 6.92 Å². The van der Waals surface area contributed by atoms with Crippen LogP contribution >= 0.6 is 0 Å². The first kappa shape index (κ1) is 18.7. The Kier molecular flexibility index (Phi) is 5.74. The molecule has 0 saturated carbocycles. The van der Waals surface area contributed by atoms with Gasteiger partial charge in [-0.25, -0.2) is 9.97 Å². The number of amides is 1. The third-order valence-corrected chi connectivity index (χ3v) is 5.72. The number of anilines is 2. The van der Waals surface area contributed by atoms with E-state index in [4.69, 9.17) is 0 Å². The molecule has 0 atom stereocenters. The van der Waals surface area contributed by atoms with Crippen molar-refractivity contribution in [2.45, 2.75) is 32.6 Å². The standard InChI is InChI=1S/C22H29N5O/c1-18-7-6-8-19(15-18)25-11-13-27(14-12-25)22(28)20-16-24-21(17-23-20)26-9-4-2-3-5-10-26/h6-8,15-17H,2-5,9-14H2,1H3. The maximum absolute atomic E-state index is 12.8. The second-order valence-corrected chi connectivity index (χ2v) is 7.78. The highest BCUT2D eigenvalue weighted by Gasteiger charge is 2.23. The highest BCUT2D eigenvalue weighted by atomic mass is 16.2. The Labute approximate surface area is 167 Å². The molecule has 2 aliphatic rings. The van der Waals surface area contributed by atoms with Crippen molar-refractivity contribution in [2.75, 3.05) is 49.1 Å². The molecule has 2 saturated heterocycles. The summed E-state index contributed by atoms with van der Waals surface area (Å²) >= 11 is 0. The van der Waals surface area contributed by atoms with Crippen LogP contribution in [-0.2, 0) is 0 Å². The fourth-order valence-electron chi connectivity index (χ4n) is 4.05. The van der Waals surface area contributed by atoms with Gasteiger partial charge in [-0.2, -0.15) is 0 Å². The Balaban J connectivity index is 1.36. The van der Waals surface area contributed by atoms with Crippen LogP contribution in [0.1, 0.15) is 41.7 Å². The summed E-state index contributed by atoms with van der Waals surface area (Å²) < 4.78 is 0. The van der Waals surface area contributed by atoms with Gasteiger partial charge in [0.05, 0.1) is 12.4 Å². The summed E-state index contributed by atoms with van der Waals surface area (Å²) in [5.41, 5.74) is 2.94. The lowest BCUT2D eigenvalue weighted by Gasteiger charge is -2.36. The van der Waals surface area contributed by atoms with E-state index in [1.807, 2.05) is 4.90 Å². The van der Waals surface area contributed by atoms with E-state index in [2.05, 4.69) is 51.0 Å². The summed E-state index contributed by atoms with van der Waals surface area (Å²) in [5, 5.41) is 0. The van der Waals surface area contributed by atoms with Crippen molar-refractivity contribution < 1.29 is 4.79 Å². The molecule has 1 aromatic carbocycles. The molecule has 0 spiro atoms. The van der Waals surface area contributed by atoms with Crippen LogP contribution < -0.4 is 9.80 Å². The first-order chi connectivity index (χ1) is 13.7. The molecular formula is C22H29N5O. The maximum atomic E-state index is 12.8. The van der Waals surface area contributed by atoms with E-state index < -0.39 is 0 Å². The number of benzene rings is 1. The van der Waals surface area contributed by atoms with Crippen molar-refractivity contribution in [3.63, 3.8) is 0 Å². The molecule has 4 rings (SSSR count). The average molecular weight is 380 g/mol. The summed E-state index contributed by atoms with van der Waals surface area (Å²) in [4.78, 5) is 28.3. The van der Waals surface area contributed by atoms with Gasteiger partial charge in [-0.15, -0.1) is 0 Å². The molecule has 0 unspecified atom stereocenters. The van der Waals surface area contributed by atoms with E-state index in [0.717, 1.165) is 32.0 Å². The van der Waals surface area contributed by atoms with Gasteiger partial charge in [-0.3, -0.25) is 4.79 Å². The van der Waals surface area contributed by atoms with Gasteiger partial charge >= 0.3 is 0 Å². The lowest BCUT2D eigenvalue weighted by atomic mass is 10.2. The van der Waals surface area contributed by atoms with Crippen LogP contribution in [0.25, 0.3) is 0 Å². The van der Waals surface area contributed by atoms with Crippen molar-refractivity contribution in [1.29, 1.82) is 0 Å². The van der Waals surface area contributed by atoms with Gasteiger partial charge in [0.1, 0.15) is 11.5 Å². The fourth-order valence-corrected chi connectivity index (χ4v) is 4.05. The minimum absolute atomic E-state index is 0.0150. The van der Waals surface area contributed by atoms with Crippen LogP contribution in [-0.4, -0.2) is 60.0 Å². The lowest BCUT2D eigenvalue weighted by molar-refractivity contribution is 0.0740. The minimum atomic E-state index is -0.0150. The van der Waals surface area contributed by atoms with Gasteiger partial charge in [-0.05, 0) is 37.5 Å². The van der Waals surface area contributed by atoms with Crippen molar-refractivity contribution >= 4 is 17.4 Å². The van der Waals surface area contributed by atoms with E-state index in [-0.39, 0.29) is 5.91 Å². The van der Waals surface area contributed by atoms with Gasteiger partial charge in [0.15, 0.2) is 0 Å². The number of nitrogens with zero attached hydrogens (tertiary/aromatic N) is 5. The van der Waals surface area contributed by atoms with Gasteiger partial charge in [0.2, 0.25) is 0 Å². The highest BCUT2D eigenvalue weighted by Crippen LogP contribution is 2.19. The smallest absolute Gasteiger partial charge is 0.274 e. The third kappa shape index (κ3) is 4.26. The normalized spacial score (nSPS) is 18.1. The largest absolute Gasteiger partial charge is 0.368 e. The fraction of sp³-hybridized carbons (Fsp3) is 0.500. The Morgan fingerprint density at radius 1 is 0.857 bits per heavy atom. The Morgan fingerprint density at radius 2 is 1.61 bits per heavy atom.